The minimum atomic E-state index is -0.938. The summed E-state index contributed by atoms with van der Waals surface area (Å²) in [5.74, 6) is -1.30. The number of carboxylic acids is 1. The van der Waals surface area contributed by atoms with Crippen molar-refractivity contribution in [2.75, 3.05) is 0 Å². The summed E-state index contributed by atoms with van der Waals surface area (Å²) in [7, 11) is 0. The van der Waals surface area contributed by atoms with Gasteiger partial charge in [0.15, 0.2) is 0 Å². The van der Waals surface area contributed by atoms with E-state index in [0.29, 0.717) is 16.3 Å². The van der Waals surface area contributed by atoms with Gasteiger partial charge in [-0.1, -0.05) is 6.07 Å². The molecular weight excluding hydrogens is 197 g/mol. The Balaban J connectivity index is 2.66. The van der Waals surface area contributed by atoms with Gasteiger partial charge in [-0.25, -0.2) is 4.39 Å². The fourth-order valence-corrected chi connectivity index (χ4v) is 1.53. The molecule has 4 heteroatoms. The van der Waals surface area contributed by atoms with Gasteiger partial charge in [-0.15, -0.1) is 0 Å². The number of hydrogen-bond acceptors (Lipinski definition) is 2. The fraction of sp³-hybridized carbons (Fsp3) is 0.0909. The molecule has 3 nitrogen and oxygen atoms in total. The van der Waals surface area contributed by atoms with Crippen molar-refractivity contribution in [2.24, 2.45) is 0 Å². The number of nitrogens with zero attached hydrogens (tertiary/aromatic N) is 1. The van der Waals surface area contributed by atoms with Gasteiger partial charge in [-0.05, 0) is 17.7 Å². The quantitative estimate of drug-likeness (QED) is 0.815. The van der Waals surface area contributed by atoms with Gasteiger partial charge < -0.3 is 5.11 Å². The Kier molecular flexibility index (Phi) is 2.33. The number of carboxylic acid groups (broad SMARTS) is 1. The van der Waals surface area contributed by atoms with Gasteiger partial charge in [0.1, 0.15) is 5.82 Å². The molecule has 0 saturated heterocycles. The highest BCUT2D eigenvalue weighted by Crippen LogP contribution is 2.21. The molecule has 0 bridgehead atoms. The molecule has 15 heavy (non-hydrogen) atoms. The van der Waals surface area contributed by atoms with Crippen LogP contribution in [0.2, 0.25) is 0 Å². The molecule has 0 fully saturated rings. The van der Waals surface area contributed by atoms with E-state index in [1.54, 1.807) is 0 Å². The van der Waals surface area contributed by atoms with Gasteiger partial charge in [0.2, 0.25) is 0 Å². The summed E-state index contributed by atoms with van der Waals surface area (Å²) >= 11 is 0. The number of benzene rings is 1. The highest BCUT2D eigenvalue weighted by molar-refractivity contribution is 5.88. The Bertz CT molecular complexity index is 525. The number of pyridine rings is 1. The third-order valence-electron chi connectivity index (χ3n) is 2.20. The van der Waals surface area contributed by atoms with Crippen LogP contribution in [0.5, 0.6) is 0 Å². The molecule has 0 aliphatic carbocycles. The van der Waals surface area contributed by atoms with E-state index in [9.17, 15) is 9.18 Å². The molecule has 0 radical (unpaired) electrons. The first-order valence-corrected chi connectivity index (χ1v) is 4.41. The molecule has 2 aromatic rings. The molecule has 0 atom stereocenters. The second-order valence-corrected chi connectivity index (χ2v) is 3.20. The van der Waals surface area contributed by atoms with E-state index in [4.69, 9.17) is 5.11 Å². The average Bonchev–Trinajstić information content (AvgIpc) is 2.22. The van der Waals surface area contributed by atoms with Gasteiger partial charge in [0.25, 0.3) is 0 Å². The highest BCUT2D eigenvalue weighted by atomic mass is 19.1. The lowest BCUT2D eigenvalue weighted by atomic mass is 10.0. The van der Waals surface area contributed by atoms with Crippen LogP contribution in [0.1, 0.15) is 5.56 Å². The Morgan fingerprint density at radius 2 is 2.13 bits per heavy atom. The Labute approximate surface area is 85.2 Å². The Morgan fingerprint density at radius 3 is 2.87 bits per heavy atom. The second kappa shape index (κ2) is 3.65. The van der Waals surface area contributed by atoms with Crippen LogP contribution in [0.15, 0.2) is 30.6 Å². The first-order valence-electron chi connectivity index (χ1n) is 4.41. The molecule has 0 amide bonds. The number of rotatable bonds is 2. The molecule has 0 spiro atoms. The van der Waals surface area contributed by atoms with E-state index in [1.807, 2.05) is 0 Å². The predicted molar refractivity (Wildman–Crippen MR) is 53.0 cm³/mol. The Morgan fingerprint density at radius 1 is 1.33 bits per heavy atom. The average molecular weight is 205 g/mol. The second-order valence-electron chi connectivity index (χ2n) is 3.20. The van der Waals surface area contributed by atoms with Crippen molar-refractivity contribution in [3.05, 3.63) is 42.0 Å². The molecule has 0 aliphatic heterocycles. The van der Waals surface area contributed by atoms with E-state index < -0.39 is 5.97 Å². The zero-order valence-corrected chi connectivity index (χ0v) is 7.77. The molecule has 1 aromatic carbocycles. The van der Waals surface area contributed by atoms with Crippen molar-refractivity contribution in [1.82, 2.24) is 4.98 Å². The van der Waals surface area contributed by atoms with Crippen molar-refractivity contribution >= 4 is 16.7 Å². The van der Waals surface area contributed by atoms with Crippen LogP contribution in [0.3, 0.4) is 0 Å². The van der Waals surface area contributed by atoms with Crippen LogP contribution in [-0.2, 0) is 11.2 Å². The third kappa shape index (κ3) is 1.79. The molecule has 76 valence electrons. The van der Waals surface area contributed by atoms with Crippen molar-refractivity contribution in [3.63, 3.8) is 0 Å². The first-order chi connectivity index (χ1) is 7.18. The van der Waals surface area contributed by atoms with E-state index in [1.165, 1.54) is 30.6 Å². The van der Waals surface area contributed by atoms with Crippen molar-refractivity contribution < 1.29 is 14.3 Å². The molecule has 0 aliphatic rings. The zero-order valence-electron chi connectivity index (χ0n) is 7.77. The number of halogens is 1. The predicted octanol–water partition coefficient (Wildman–Crippen LogP) is 2.00. The standard InChI is InChI=1S/C11H8FNO2/c12-10-2-1-7(5-11(14)15)9-6-13-4-3-8(9)10/h1-4,6H,5H2,(H,14,15). The molecule has 0 saturated carbocycles. The maximum absolute atomic E-state index is 13.3. The summed E-state index contributed by atoms with van der Waals surface area (Å²) < 4.78 is 13.3. The fourth-order valence-electron chi connectivity index (χ4n) is 1.53. The molecule has 1 aromatic heterocycles. The van der Waals surface area contributed by atoms with Gasteiger partial charge >= 0.3 is 5.97 Å². The summed E-state index contributed by atoms with van der Waals surface area (Å²) in [6.45, 7) is 0. The monoisotopic (exact) mass is 205 g/mol. The van der Waals surface area contributed by atoms with Gasteiger partial charge in [0.05, 0.1) is 6.42 Å². The van der Waals surface area contributed by atoms with Gasteiger partial charge in [-0.3, -0.25) is 9.78 Å². The molecule has 1 N–H and O–H groups in total. The van der Waals surface area contributed by atoms with E-state index >= 15 is 0 Å². The lowest BCUT2D eigenvalue weighted by Crippen LogP contribution is -2.01. The zero-order chi connectivity index (χ0) is 10.8. The topological polar surface area (TPSA) is 50.2 Å². The van der Waals surface area contributed by atoms with Crippen LogP contribution in [0, 0.1) is 5.82 Å². The summed E-state index contributed by atoms with van der Waals surface area (Å²) in [5.41, 5.74) is 0.576. The van der Waals surface area contributed by atoms with E-state index in [0.717, 1.165) is 0 Å². The summed E-state index contributed by atoms with van der Waals surface area (Å²) in [5, 5.41) is 9.64. The van der Waals surface area contributed by atoms with Crippen LogP contribution < -0.4 is 0 Å². The van der Waals surface area contributed by atoms with Crippen LogP contribution in [0.25, 0.3) is 10.8 Å². The maximum Gasteiger partial charge on any atom is 0.307 e. The van der Waals surface area contributed by atoms with Crippen LogP contribution in [-0.4, -0.2) is 16.1 Å². The number of carbonyl (C=O) groups is 1. The first kappa shape index (κ1) is 9.58. The minimum Gasteiger partial charge on any atom is -0.481 e. The maximum atomic E-state index is 13.3. The normalized spacial score (nSPS) is 10.5. The molecular formula is C11H8FNO2. The third-order valence-corrected chi connectivity index (χ3v) is 2.20. The van der Waals surface area contributed by atoms with E-state index in [2.05, 4.69) is 4.98 Å². The summed E-state index contributed by atoms with van der Waals surface area (Å²) in [4.78, 5) is 14.4. The minimum absolute atomic E-state index is 0.123. The smallest absolute Gasteiger partial charge is 0.307 e. The largest absolute Gasteiger partial charge is 0.481 e. The number of aromatic nitrogens is 1. The van der Waals surface area contributed by atoms with Crippen molar-refractivity contribution in [3.8, 4) is 0 Å². The van der Waals surface area contributed by atoms with Crippen LogP contribution in [0.4, 0.5) is 4.39 Å². The van der Waals surface area contributed by atoms with Crippen molar-refractivity contribution in [1.29, 1.82) is 0 Å². The van der Waals surface area contributed by atoms with Crippen molar-refractivity contribution in [2.45, 2.75) is 6.42 Å². The number of hydrogen-bond donors (Lipinski definition) is 1. The summed E-state index contributed by atoms with van der Waals surface area (Å²) in [6, 6.07) is 4.30. The highest BCUT2D eigenvalue weighted by Gasteiger charge is 2.08. The van der Waals surface area contributed by atoms with E-state index in [-0.39, 0.29) is 12.2 Å². The molecule has 0 unspecified atom stereocenters. The summed E-state index contributed by atoms with van der Waals surface area (Å²) in [6.07, 6.45) is 2.84. The number of aliphatic carboxylic acids is 1. The Hall–Kier alpha value is -1.97. The number of fused-ring (bicyclic) bond motifs is 1. The van der Waals surface area contributed by atoms with Gasteiger partial charge in [0, 0.05) is 23.2 Å². The van der Waals surface area contributed by atoms with Crippen LogP contribution >= 0.6 is 0 Å². The molecule has 2 rings (SSSR count). The molecule has 1 heterocycles. The lowest BCUT2D eigenvalue weighted by Gasteiger charge is -2.04. The van der Waals surface area contributed by atoms with Gasteiger partial charge in [-0.2, -0.15) is 0 Å². The lowest BCUT2D eigenvalue weighted by molar-refractivity contribution is -0.136. The SMILES string of the molecule is O=C(O)Cc1ccc(F)c2ccncc12.